The van der Waals surface area contributed by atoms with Crippen molar-refractivity contribution in [2.75, 3.05) is 5.75 Å². The molecule has 0 radical (unpaired) electrons. The van der Waals surface area contributed by atoms with E-state index in [1.54, 1.807) is 6.92 Å². The maximum Gasteiger partial charge on any atom is 0.289 e. The molecule has 2 heterocycles. The van der Waals surface area contributed by atoms with Gasteiger partial charge in [0.25, 0.3) is 5.24 Å². The fourth-order valence-corrected chi connectivity index (χ4v) is 5.75. The summed E-state index contributed by atoms with van der Waals surface area (Å²) in [5, 5.41) is 3.38. The van der Waals surface area contributed by atoms with Crippen LogP contribution in [-0.2, 0) is 14.8 Å². The number of thioether (sulfide) groups is 1. The van der Waals surface area contributed by atoms with E-state index < -0.39 is 22.1 Å². The van der Waals surface area contributed by atoms with Gasteiger partial charge in [-0.15, -0.1) is 0 Å². The summed E-state index contributed by atoms with van der Waals surface area (Å²) in [6.07, 6.45) is 2.88. The van der Waals surface area contributed by atoms with Gasteiger partial charge in [0, 0.05) is 6.04 Å². The van der Waals surface area contributed by atoms with Crippen LogP contribution in [0.15, 0.2) is 9.42 Å². The lowest BCUT2D eigenvalue weighted by molar-refractivity contribution is -0.127. The lowest BCUT2D eigenvalue weighted by Gasteiger charge is -2.36. The first-order chi connectivity index (χ1) is 11.3. The van der Waals surface area contributed by atoms with Crippen molar-refractivity contribution in [2.45, 2.75) is 56.5 Å². The van der Waals surface area contributed by atoms with Crippen molar-refractivity contribution in [2.24, 2.45) is 0 Å². The summed E-state index contributed by atoms with van der Waals surface area (Å²) in [4.78, 5) is 25.3. The first kappa shape index (κ1) is 17.4. The Morgan fingerprint density at radius 3 is 2.54 bits per heavy atom. The number of carbonyl (C=O) groups is 2. The molecule has 2 aliphatic rings. The van der Waals surface area contributed by atoms with Crippen molar-refractivity contribution in [3.63, 3.8) is 0 Å². The van der Waals surface area contributed by atoms with E-state index in [1.165, 1.54) is 11.8 Å². The summed E-state index contributed by atoms with van der Waals surface area (Å²) >= 11 is 0.965. The normalized spacial score (nSPS) is 25.5. The lowest BCUT2D eigenvalue weighted by Crippen LogP contribution is -2.54. The molecule has 3 rings (SSSR count). The highest BCUT2D eigenvalue weighted by Gasteiger charge is 2.42. The molecule has 1 aliphatic carbocycles. The Morgan fingerprint density at radius 1 is 1.25 bits per heavy atom. The van der Waals surface area contributed by atoms with Crippen LogP contribution in [0.3, 0.4) is 0 Å². The average Bonchev–Trinajstić information content (AvgIpc) is 3.02. The molecule has 1 aliphatic heterocycles. The third kappa shape index (κ3) is 3.09. The van der Waals surface area contributed by atoms with Crippen molar-refractivity contribution >= 4 is 32.9 Å². The number of imide groups is 1. The molecule has 0 aromatic carbocycles. The zero-order chi connectivity index (χ0) is 17.5. The smallest absolute Gasteiger partial charge is 0.289 e. The topological polar surface area (TPSA) is 110 Å². The number of rotatable bonds is 4. The number of aromatic nitrogens is 1. The van der Waals surface area contributed by atoms with Crippen molar-refractivity contribution in [3.8, 4) is 0 Å². The van der Waals surface area contributed by atoms with Gasteiger partial charge in [0.1, 0.15) is 10.6 Å². The second-order valence-electron chi connectivity index (χ2n) is 6.05. The minimum Gasteiger partial charge on any atom is -0.360 e. The van der Waals surface area contributed by atoms with Crippen molar-refractivity contribution in [1.29, 1.82) is 0 Å². The molecule has 1 saturated heterocycles. The van der Waals surface area contributed by atoms with Gasteiger partial charge in [-0.25, -0.2) is 13.1 Å². The van der Waals surface area contributed by atoms with Crippen LogP contribution in [0, 0.1) is 13.8 Å². The SMILES string of the molecule is Cc1noc(C)c1S(=O)(=O)N[C@H]1CCCC[C@H]1N1C(=O)CSC1=O. The molecule has 10 heteroatoms. The van der Waals surface area contributed by atoms with Crippen LogP contribution in [0.1, 0.15) is 37.1 Å². The van der Waals surface area contributed by atoms with Gasteiger partial charge in [-0.1, -0.05) is 29.8 Å². The molecule has 1 aromatic rings. The monoisotopic (exact) mass is 373 g/mol. The number of hydrogen-bond donors (Lipinski definition) is 1. The molecule has 1 N–H and O–H groups in total. The molecule has 2 fully saturated rings. The van der Waals surface area contributed by atoms with E-state index in [0.29, 0.717) is 12.8 Å². The number of amides is 2. The van der Waals surface area contributed by atoms with E-state index >= 15 is 0 Å². The molecule has 132 valence electrons. The Bertz CT molecular complexity index is 738. The minimum atomic E-state index is -3.84. The van der Waals surface area contributed by atoms with Crippen LogP contribution in [0.5, 0.6) is 0 Å². The van der Waals surface area contributed by atoms with Gasteiger partial charge < -0.3 is 4.52 Å². The predicted molar refractivity (Wildman–Crippen MR) is 87.0 cm³/mol. The highest BCUT2D eigenvalue weighted by atomic mass is 32.2. The van der Waals surface area contributed by atoms with Crippen molar-refractivity contribution < 1.29 is 22.5 Å². The number of nitrogens with zero attached hydrogens (tertiary/aromatic N) is 2. The van der Waals surface area contributed by atoms with Crippen molar-refractivity contribution in [3.05, 3.63) is 11.5 Å². The summed E-state index contributed by atoms with van der Waals surface area (Å²) in [6, 6.07) is -0.937. The lowest BCUT2D eigenvalue weighted by atomic mass is 9.90. The third-order valence-electron chi connectivity index (χ3n) is 4.39. The van der Waals surface area contributed by atoms with Crippen LogP contribution < -0.4 is 4.72 Å². The van der Waals surface area contributed by atoms with Gasteiger partial charge in [0.05, 0.1) is 11.8 Å². The van der Waals surface area contributed by atoms with Gasteiger partial charge >= 0.3 is 0 Å². The fourth-order valence-electron chi connectivity index (χ4n) is 3.36. The quantitative estimate of drug-likeness (QED) is 0.853. The standard InChI is InChI=1S/C14H19N3O5S2/c1-8-13(9(2)22-15-8)24(20,21)16-10-5-3-4-6-11(10)17-12(18)7-23-14(17)19/h10-11,16H,3-7H2,1-2H3/t10-,11+/m0/s1. The highest BCUT2D eigenvalue weighted by Crippen LogP contribution is 2.31. The van der Waals surface area contributed by atoms with E-state index in [0.717, 1.165) is 24.6 Å². The van der Waals surface area contributed by atoms with Crippen LogP contribution in [0.4, 0.5) is 4.79 Å². The van der Waals surface area contributed by atoms with E-state index in [1.807, 2.05) is 0 Å². The Morgan fingerprint density at radius 2 is 1.96 bits per heavy atom. The Hall–Kier alpha value is -1.39. The number of sulfonamides is 1. The third-order valence-corrected chi connectivity index (χ3v) is 6.96. The summed E-state index contributed by atoms with van der Waals surface area (Å²) in [6.45, 7) is 3.10. The van der Waals surface area contributed by atoms with E-state index in [4.69, 9.17) is 4.52 Å². The van der Waals surface area contributed by atoms with E-state index in [2.05, 4.69) is 9.88 Å². The number of aryl methyl sites for hydroxylation is 2. The van der Waals surface area contributed by atoms with Crippen LogP contribution in [0.2, 0.25) is 0 Å². The van der Waals surface area contributed by atoms with Crippen LogP contribution in [0.25, 0.3) is 0 Å². The molecule has 1 aromatic heterocycles. The number of carbonyl (C=O) groups excluding carboxylic acids is 2. The fraction of sp³-hybridized carbons (Fsp3) is 0.643. The maximum absolute atomic E-state index is 12.7. The van der Waals surface area contributed by atoms with Gasteiger partial charge in [-0.05, 0) is 26.7 Å². The Labute approximate surface area is 144 Å². The molecule has 0 spiro atoms. The second kappa shape index (κ2) is 6.49. The second-order valence-corrected chi connectivity index (χ2v) is 8.63. The van der Waals surface area contributed by atoms with Crippen LogP contribution >= 0.6 is 11.8 Å². The summed E-state index contributed by atoms with van der Waals surface area (Å²) in [5.41, 5.74) is 0.288. The summed E-state index contributed by atoms with van der Waals surface area (Å²) in [7, 11) is -3.84. The maximum atomic E-state index is 12.7. The van der Waals surface area contributed by atoms with Gasteiger partial charge in [0.2, 0.25) is 15.9 Å². The van der Waals surface area contributed by atoms with E-state index in [-0.39, 0.29) is 33.2 Å². The molecule has 1 saturated carbocycles. The molecule has 24 heavy (non-hydrogen) atoms. The average molecular weight is 373 g/mol. The molecule has 8 nitrogen and oxygen atoms in total. The largest absolute Gasteiger partial charge is 0.360 e. The van der Waals surface area contributed by atoms with Gasteiger partial charge in [0.15, 0.2) is 5.76 Å². The number of hydrogen-bond acceptors (Lipinski definition) is 7. The molecular weight excluding hydrogens is 354 g/mol. The van der Waals surface area contributed by atoms with E-state index in [9.17, 15) is 18.0 Å². The molecule has 2 atom stereocenters. The zero-order valence-electron chi connectivity index (χ0n) is 13.4. The first-order valence-electron chi connectivity index (χ1n) is 7.75. The molecule has 2 amide bonds. The summed E-state index contributed by atoms with van der Waals surface area (Å²) in [5.74, 6) is 0.0910. The van der Waals surface area contributed by atoms with Crippen LogP contribution in [-0.4, -0.2) is 47.5 Å². The Kier molecular flexibility index (Phi) is 4.71. The highest BCUT2D eigenvalue weighted by molar-refractivity contribution is 8.14. The molecule has 0 unspecified atom stereocenters. The van der Waals surface area contributed by atoms with Gasteiger partial charge in [-0.2, -0.15) is 0 Å². The number of nitrogens with one attached hydrogen (secondary N) is 1. The molecule has 0 bridgehead atoms. The molecular formula is C14H19N3O5S2. The first-order valence-corrected chi connectivity index (χ1v) is 10.2. The van der Waals surface area contributed by atoms with Crippen molar-refractivity contribution in [1.82, 2.24) is 14.8 Å². The minimum absolute atomic E-state index is 0.0280. The zero-order valence-corrected chi connectivity index (χ0v) is 15.1. The predicted octanol–water partition coefficient (Wildman–Crippen LogP) is 1.58. The summed E-state index contributed by atoms with van der Waals surface area (Å²) < 4.78 is 33.0. The van der Waals surface area contributed by atoms with Gasteiger partial charge in [-0.3, -0.25) is 14.5 Å². The Balaban J connectivity index is 1.87.